The molecule has 1 aliphatic rings. The van der Waals surface area contributed by atoms with Gasteiger partial charge in [0.15, 0.2) is 0 Å². The van der Waals surface area contributed by atoms with E-state index in [1.165, 1.54) is 24.8 Å². The van der Waals surface area contributed by atoms with E-state index in [1.807, 2.05) is 12.1 Å². The quantitative estimate of drug-likeness (QED) is 0.589. The summed E-state index contributed by atoms with van der Waals surface area (Å²) in [5.74, 6) is 1.82. The standard InChI is InChI=1S/C17H26N2O2/c1-21-17-5-3-2-4-16(17)7-6-15-8-11-19(12-9-15)13-10-18-14-20/h2-5,14-15H,6-13H2,1H3,(H,18,20). The van der Waals surface area contributed by atoms with Gasteiger partial charge in [-0.05, 0) is 56.3 Å². The molecule has 1 aromatic carbocycles. The lowest BCUT2D eigenvalue weighted by Crippen LogP contribution is -2.38. The van der Waals surface area contributed by atoms with Crippen LogP contribution in [0.4, 0.5) is 0 Å². The SMILES string of the molecule is COc1ccccc1CCC1CCN(CCNC=O)CC1. The Labute approximate surface area is 127 Å². The van der Waals surface area contributed by atoms with Crippen molar-refractivity contribution in [2.45, 2.75) is 25.7 Å². The maximum Gasteiger partial charge on any atom is 0.207 e. The molecular weight excluding hydrogens is 264 g/mol. The van der Waals surface area contributed by atoms with Crippen molar-refractivity contribution >= 4 is 6.41 Å². The van der Waals surface area contributed by atoms with Gasteiger partial charge in [-0.2, -0.15) is 0 Å². The average Bonchev–Trinajstić information content (AvgIpc) is 2.54. The van der Waals surface area contributed by atoms with Crippen LogP contribution in [0.25, 0.3) is 0 Å². The van der Waals surface area contributed by atoms with Crippen LogP contribution in [0.5, 0.6) is 5.75 Å². The summed E-state index contributed by atoms with van der Waals surface area (Å²) in [6, 6.07) is 8.31. The molecule has 2 rings (SSSR count). The Bertz CT molecular complexity index is 429. The van der Waals surface area contributed by atoms with Crippen LogP contribution in [-0.4, -0.2) is 44.6 Å². The Morgan fingerprint density at radius 1 is 1.33 bits per heavy atom. The molecule has 1 N–H and O–H groups in total. The van der Waals surface area contributed by atoms with Gasteiger partial charge in [-0.25, -0.2) is 0 Å². The Morgan fingerprint density at radius 2 is 2.10 bits per heavy atom. The third-order valence-electron chi connectivity index (χ3n) is 4.38. The van der Waals surface area contributed by atoms with Gasteiger partial charge < -0.3 is 15.0 Å². The molecule has 0 atom stereocenters. The van der Waals surface area contributed by atoms with Crippen LogP contribution in [0.3, 0.4) is 0 Å². The minimum atomic E-state index is 0.759. The molecule has 1 amide bonds. The third-order valence-corrected chi connectivity index (χ3v) is 4.38. The highest BCUT2D eigenvalue weighted by Gasteiger charge is 2.19. The number of benzene rings is 1. The van der Waals surface area contributed by atoms with Crippen LogP contribution in [0.1, 0.15) is 24.8 Å². The summed E-state index contributed by atoms with van der Waals surface area (Å²) in [6.07, 6.45) is 5.63. The summed E-state index contributed by atoms with van der Waals surface area (Å²) >= 11 is 0. The maximum absolute atomic E-state index is 10.2. The number of carbonyl (C=O) groups is 1. The van der Waals surface area contributed by atoms with Gasteiger partial charge in [-0.1, -0.05) is 18.2 Å². The van der Waals surface area contributed by atoms with E-state index in [0.29, 0.717) is 0 Å². The molecule has 0 aromatic heterocycles. The van der Waals surface area contributed by atoms with E-state index in [9.17, 15) is 4.79 Å². The smallest absolute Gasteiger partial charge is 0.207 e. The van der Waals surface area contributed by atoms with Crippen LogP contribution in [0, 0.1) is 5.92 Å². The van der Waals surface area contributed by atoms with E-state index in [0.717, 1.165) is 50.7 Å². The normalized spacial score (nSPS) is 16.6. The minimum Gasteiger partial charge on any atom is -0.496 e. The van der Waals surface area contributed by atoms with Crippen molar-refractivity contribution in [3.63, 3.8) is 0 Å². The van der Waals surface area contributed by atoms with Crippen molar-refractivity contribution in [1.82, 2.24) is 10.2 Å². The predicted molar refractivity (Wildman–Crippen MR) is 84.5 cm³/mol. The Balaban J connectivity index is 1.70. The van der Waals surface area contributed by atoms with E-state index in [4.69, 9.17) is 4.74 Å². The molecule has 4 nitrogen and oxygen atoms in total. The van der Waals surface area contributed by atoms with Crippen molar-refractivity contribution < 1.29 is 9.53 Å². The second kappa shape index (κ2) is 8.67. The Hall–Kier alpha value is -1.55. The van der Waals surface area contributed by atoms with E-state index in [1.54, 1.807) is 7.11 Å². The lowest BCUT2D eigenvalue weighted by molar-refractivity contribution is -0.109. The fourth-order valence-electron chi connectivity index (χ4n) is 3.05. The van der Waals surface area contributed by atoms with Gasteiger partial charge >= 0.3 is 0 Å². The minimum absolute atomic E-state index is 0.759. The highest BCUT2D eigenvalue weighted by atomic mass is 16.5. The van der Waals surface area contributed by atoms with E-state index >= 15 is 0 Å². The number of hydrogen-bond donors (Lipinski definition) is 1. The Morgan fingerprint density at radius 3 is 2.81 bits per heavy atom. The molecule has 0 saturated carbocycles. The molecular formula is C17H26N2O2. The van der Waals surface area contributed by atoms with Crippen molar-refractivity contribution in [1.29, 1.82) is 0 Å². The zero-order valence-electron chi connectivity index (χ0n) is 12.9. The van der Waals surface area contributed by atoms with Gasteiger partial charge in [-0.3, -0.25) is 4.79 Å². The second-order valence-corrected chi connectivity index (χ2v) is 5.71. The van der Waals surface area contributed by atoms with Gasteiger partial charge in [0.2, 0.25) is 6.41 Å². The van der Waals surface area contributed by atoms with E-state index < -0.39 is 0 Å². The molecule has 0 spiro atoms. The zero-order chi connectivity index (χ0) is 14.9. The number of hydrogen-bond acceptors (Lipinski definition) is 3. The summed E-state index contributed by atoms with van der Waals surface area (Å²) in [4.78, 5) is 12.7. The van der Waals surface area contributed by atoms with Crippen LogP contribution < -0.4 is 10.1 Å². The molecule has 0 aliphatic carbocycles. The number of para-hydroxylation sites is 1. The Kier molecular flexibility index (Phi) is 6.54. The highest BCUT2D eigenvalue weighted by Crippen LogP contribution is 2.25. The zero-order valence-corrected chi connectivity index (χ0v) is 12.9. The molecule has 1 aliphatic heterocycles. The molecule has 1 heterocycles. The first-order valence-corrected chi connectivity index (χ1v) is 7.84. The lowest BCUT2D eigenvalue weighted by Gasteiger charge is -2.31. The number of aryl methyl sites for hydroxylation is 1. The maximum atomic E-state index is 10.2. The average molecular weight is 290 g/mol. The fourth-order valence-corrected chi connectivity index (χ4v) is 3.05. The lowest BCUT2D eigenvalue weighted by atomic mass is 9.90. The second-order valence-electron chi connectivity index (χ2n) is 5.71. The number of rotatable bonds is 8. The topological polar surface area (TPSA) is 41.6 Å². The monoisotopic (exact) mass is 290 g/mol. The highest BCUT2D eigenvalue weighted by molar-refractivity contribution is 5.45. The van der Waals surface area contributed by atoms with Crippen LogP contribution in [0.15, 0.2) is 24.3 Å². The molecule has 1 aromatic rings. The van der Waals surface area contributed by atoms with Gasteiger partial charge in [0.1, 0.15) is 5.75 Å². The summed E-state index contributed by atoms with van der Waals surface area (Å²) in [5, 5.41) is 2.73. The van der Waals surface area contributed by atoms with Crippen LogP contribution >= 0.6 is 0 Å². The number of piperidine rings is 1. The van der Waals surface area contributed by atoms with E-state index in [2.05, 4.69) is 22.3 Å². The first kappa shape index (κ1) is 15.8. The molecule has 4 heteroatoms. The van der Waals surface area contributed by atoms with Crippen molar-refractivity contribution in [2.24, 2.45) is 5.92 Å². The summed E-state index contributed by atoms with van der Waals surface area (Å²) in [6.45, 7) is 4.03. The van der Waals surface area contributed by atoms with Gasteiger partial charge in [0, 0.05) is 13.1 Å². The molecule has 21 heavy (non-hydrogen) atoms. The predicted octanol–water partition coefficient (Wildman–Crippen LogP) is 2.09. The summed E-state index contributed by atoms with van der Waals surface area (Å²) in [5.41, 5.74) is 1.32. The molecule has 1 saturated heterocycles. The largest absolute Gasteiger partial charge is 0.496 e. The number of carbonyl (C=O) groups excluding carboxylic acids is 1. The number of methoxy groups -OCH3 is 1. The fraction of sp³-hybridized carbons (Fsp3) is 0.588. The van der Waals surface area contributed by atoms with Crippen molar-refractivity contribution in [3.8, 4) is 5.75 Å². The number of amides is 1. The van der Waals surface area contributed by atoms with Crippen molar-refractivity contribution in [3.05, 3.63) is 29.8 Å². The van der Waals surface area contributed by atoms with Gasteiger partial charge in [-0.15, -0.1) is 0 Å². The third kappa shape index (κ3) is 5.05. The van der Waals surface area contributed by atoms with Crippen LogP contribution in [-0.2, 0) is 11.2 Å². The summed E-state index contributed by atoms with van der Waals surface area (Å²) < 4.78 is 5.41. The molecule has 116 valence electrons. The first-order valence-electron chi connectivity index (χ1n) is 7.84. The number of likely N-dealkylation sites (tertiary alicyclic amines) is 1. The molecule has 0 radical (unpaired) electrons. The van der Waals surface area contributed by atoms with Gasteiger partial charge in [0.25, 0.3) is 0 Å². The van der Waals surface area contributed by atoms with Crippen molar-refractivity contribution in [2.75, 3.05) is 33.3 Å². The summed E-state index contributed by atoms with van der Waals surface area (Å²) in [7, 11) is 1.74. The first-order chi connectivity index (χ1) is 10.3. The van der Waals surface area contributed by atoms with Crippen LogP contribution in [0.2, 0.25) is 0 Å². The number of ether oxygens (including phenoxy) is 1. The molecule has 0 bridgehead atoms. The molecule has 0 unspecified atom stereocenters. The number of nitrogens with one attached hydrogen (secondary N) is 1. The number of nitrogens with zero attached hydrogens (tertiary/aromatic N) is 1. The van der Waals surface area contributed by atoms with E-state index in [-0.39, 0.29) is 0 Å². The molecule has 1 fully saturated rings. The van der Waals surface area contributed by atoms with Gasteiger partial charge in [0.05, 0.1) is 7.11 Å².